The van der Waals surface area contributed by atoms with Crippen LogP contribution in [-0.2, 0) is 17.8 Å². The predicted octanol–water partition coefficient (Wildman–Crippen LogP) is 3.71. The number of anilines is 1. The summed E-state index contributed by atoms with van der Waals surface area (Å²) in [5, 5.41) is 8.08. The van der Waals surface area contributed by atoms with E-state index in [4.69, 9.17) is 11.6 Å². The molecule has 0 atom stereocenters. The second-order valence-corrected chi connectivity index (χ2v) is 7.53. The van der Waals surface area contributed by atoms with Crippen LogP contribution < -0.4 is 5.32 Å². The highest BCUT2D eigenvalue weighted by Gasteiger charge is 2.16. The fourth-order valence-corrected chi connectivity index (χ4v) is 2.70. The summed E-state index contributed by atoms with van der Waals surface area (Å²) in [5.74, 6) is -0.0322. The van der Waals surface area contributed by atoms with Crippen LogP contribution in [0.25, 0.3) is 11.0 Å². The first-order valence-corrected chi connectivity index (χ1v) is 8.42. The van der Waals surface area contributed by atoms with Crippen molar-refractivity contribution in [3.05, 3.63) is 47.2 Å². The third-order valence-corrected chi connectivity index (χ3v) is 3.76. The standard InChI is InChI=1S/C18H20ClN5O/c1-18(2,3)11-24-10-13-15(19)21-17(22-16(13)23-24)20-14(25)9-12-7-5-4-6-8-12/h4-8,10H,9,11H2,1-3H3,(H,20,22,23,25). The summed E-state index contributed by atoms with van der Waals surface area (Å²) in [7, 11) is 0. The van der Waals surface area contributed by atoms with Crippen LogP contribution in [0.2, 0.25) is 5.15 Å². The number of nitrogens with zero attached hydrogens (tertiary/aromatic N) is 4. The summed E-state index contributed by atoms with van der Waals surface area (Å²) in [6, 6.07) is 9.48. The van der Waals surface area contributed by atoms with Gasteiger partial charge in [0.05, 0.1) is 11.8 Å². The maximum absolute atomic E-state index is 12.2. The van der Waals surface area contributed by atoms with Crippen molar-refractivity contribution in [2.24, 2.45) is 5.41 Å². The van der Waals surface area contributed by atoms with E-state index in [9.17, 15) is 4.79 Å². The van der Waals surface area contributed by atoms with E-state index in [1.165, 1.54) is 0 Å². The van der Waals surface area contributed by atoms with Crippen LogP contribution in [0, 0.1) is 5.41 Å². The number of halogens is 1. The monoisotopic (exact) mass is 357 g/mol. The Morgan fingerprint density at radius 2 is 1.92 bits per heavy atom. The zero-order valence-corrected chi connectivity index (χ0v) is 15.2. The molecule has 0 aliphatic carbocycles. The molecule has 0 aliphatic rings. The van der Waals surface area contributed by atoms with Crippen LogP contribution in [-0.4, -0.2) is 25.7 Å². The topological polar surface area (TPSA) is 72.7 Å². The molecule has 0 aliphatic heterocycles. The highest BCUT2D eigenvalue weighted by molar-refractivity contribution is 6.34. The molecule has 1 N–H and O–H groups in total. The Kier molecular flexibility index (Phi) is 4.72. The molecule has 6 nitrogen and oxygen atoms in total. The molecule has 1 aromatic carbocycles. The Labute approximate surface area is 151 Å². The minimum Gasteiger partial charge on any atom is -0.294 e. The molecule has 0 bridgehead atoms. The fourth-order valence-electron chi connectivity index (χ4n) is 2.49. The summed E-state index contributed by atoms with van der Waals surface area (Å²) in [5.41, 5.74) is 1.47. The molecule has 2 heterocycles. The van der Waals surface area contributed by atoms with Gasteiger partial charge in [-0.05, 0) is 11.0 Å². The summed E-state index contributed by atoms with van der Waals surface area (Å²) < 4.78 is 1.81. The molecule has 0 saturated heterocycles. The lowest BCUT2D eigenvalue weighted by atomic mass is 9.97. The van der Waals surface area contributed by atoms with E-state index in [0.717, 1.165) is 12.1 Å². The van der Waals surface area contributed by atoms with Crippen molar-refractivity contribution in [3.8, 4) is 0 Å². The maximum atomic E-state index is 12.2. The van der Waals surface area contributed by atoms with E-state index < -0.39 is 0 Å². The van der Waals surface area contributed by atoms with Gasteiger partial charge in [-0.25, -0.2) is 0 Å². The molecular formula is C18H20ClN5O. The fraction of sp³-hybridized carbons (Fsp3) is 0.333. The molecule has 0 spiro atoms. The average molecular weight is 358 g/mol. The van der Waals surface area contributed by atoms with Gasteiger partial charge in [-0.3, -0.25) is 14.8 Å². The van der Waals surface area contributed by atoms with Gasteiger partial charge in [0.15, 0.2) is 5.65 Å². The van der Waals surface area contributed by atoms with E-state index in [1.807, 2.05) is 36.5 Å². The molecule has 130 valence electrons. The molecule has 0 fully saturated rings. The first-order chi connectivity index (χ1) is 11.8. The van der Waals surface area contributed by atoms with Crippen LogP contribution >= 0.6 is 11.6 Å². The zero-order chi connectivity index (χ0) is 18.0. The van der Waals surface area contributed by atoms with E-state index in [0.29, 0.717) is 11.0 Å². The lowest BCUT2D eigenvalue weighted by Crippen LogP contribution is -2.16. The molecule has 3 rings (SSSR count). The number of hydrogen-bond donors (Lipinski definition) is 1. The SMILES string of the molecule is CC(C)(C)Cn1cc2c(Cl)nc(NC(=O)Cc3ccccc3)nc2n1. The largest absolute Gasteiger partial charge is 0.294 e. The Balaban J connectivity index is 1.79. The number of rotatable bonds is 4. The summed E-state index contributed by atoms with van der Waals surface area (Å²) in [4.78, 5) is 20.6. The lowest BCUT2D eigenvalue weighted by Gasteiger charge is -2.17. The third kappa shape index (κ3) is 4.54. The van der Waals surface area contributed by atoms with Crippen molar-refractivity contribution >= 4 is 34.5 Å². The number of nitrogens with one attached hydrogen (secondary N) is 1. The highest BCUT2D eigenvalue weighted by Crippen LogP contribution is 2.23. The highest BCUT2D eigenvalue weighted by atomic mass is 35.5. The van der Waals surface area contributed by atoms with Gasteiger partial charge in [-0.1, -0.05) is 62.7 Å². The molecule has 0 unspecified atom stereocenters. The second kappa shape index (κ2) is 6.80. The minimum absolute atomic E-state index is 0.0781. The van der Waals surface area contributed by atoms with Crippen LogP contribution in [0.1, 0.15) is 26.3 Å². The van der Waals surface area contributed by atoms with Crippen LogP contribution in [0.15, 0.2) is 36.5 Å². The molecule has 0 radical (unpaired) electrons. The van der Waals surface area contributed by atoms with Crippen LogP contribution in [0.5, 0.6) is 0 Å². The van der Waals surface area contributed by atoms with Crippen LogP contribution in [0.4, 0.5) is 5.95 Å². The summed E-state index contributed by atoms with van der Waals surface area (Å²) in [6.07, 6.45) is 2.08. The quantitative estimate of drug-likeness (QED) is 0.722. The molecule has 3 aromatic rings. The van der Waals surface area contributed by atoms with Gasteiger partial charge in [0.2, 0.25) is 11.9 Å². The smallest absolute Gasteiger partial charge is 0.233 e. The van der Waals surface area contributed by atoms with Gasteiger partial charge in [0, 0.05) is 12.7 Å². The summed E-state index contributed by atoms with van der Waals surface area (Å²) >= 11 is 6.23. The third-order valence-electron chi connectivity index (χ3n) is 3.48. The van der Waals surface area contributed by atoms with Crippen molar-refractivity contribution < 1.29 is 4.79 Å². The number of hydrogen-bond acceptors (Lipinski definition) is 4. The molecule has 2 aromatic heterocycles. The van der Waals surface area contributed by atoms with Crippen molar-refractivity contribution in [3.63, 3.8) is 0 Å². The number of carbonyl (C=O) groups excluding carboxylic acids is 1. The van der Waals surface area contributed by atoms with Gasteiger partial charge < -0.3 is 0 Å². The van der Waals surface area contributed by atoms with E-state index in [2.05, 4.69) is 41.2 Å². The minimum atomic E-state index is -0.198. The first-order valence-electron chi connectivity index (χ1n) is 8.05. The zero-order valence-electron chi connectivity index (χ0n) is 14.5. The van der Waals surface area contributed by atoms with Crippen molar-refractivity contribution in [2.45, 2.75) is 33.7 Å². The molecule has 0 saturated carbocycles. The normalized spacial score (nSPS) is 11.7. The second-order valence-electron chi connectivity index (χ2n) is 7.17. The molecule has 25 heavy (non-hydrogen) atoms. The van der Waals surface area contributed by atoms with Crippen molar-refractivity contribution in [2.75, 3.05) is 5.32 Å². The Morgan fingerprint density at radius 1 is 1.20 bits per heavy atom. The predicted molar refractivity (Wildman–Crippen MR) is 98.6 cm³/mol. The van der Waals surface area contributed by atoms with Gasteiger partial charge >= 0.3 is 0 Å². The first kappa shape index (κ1) is 17.4. The number of amides is 1. The van der Waals surface area contributed by atoms with Gasteiger partial charge in [0.1, 0.15) is 5.15 Å². The van der Waals surface area contributed by atoms with Crippen LogP contribution in [0.3, 0.4) is 0 Å². The maximum Gasteiger partial charge on any atom is 0.233 e. The molecular weight excluding hydrogens is 338 g/mol. The van der Waals surface area contributed by atoms with E-state index in [1.54, 1.807) is 4.68 Å². The van der Waals surface area contributed by atoms with E-state index in [-0.39, 0.29) is 28.8 Å². The number of aromatic nitrogens is 4. The molecule has 1 amide bonds. The van der Waals surface area contributed by atoms with Crippen molar-refractivity contribution in [1.82, 2.24) is 19.7 Å². The van der Waals surface area contributed by atoms with Gasteiger partial charge in [-0.2, -0.15) is 15.1 Å². The molecule has 7 heteroatoms. The average Bonchev–Trinajstić information content (AvgIpc) is 2.89. The lowest BCUT2D eigenvalue weighted by molar-refractivity contribution is -0.115. The Morgan fingerprint density at radius 3 is 2.60 bits per heavy atom. The van der Waals surface area contributed by atoms with Gasteiger partial charge in [0.25, 0.3) is 0 Å². The summed E-state index contributed by atoms with van der Waals surface area (Å²) in [6.45, 7) is 7.11. The number of carbonyl (C=O) groups is 1. The Bertz CT molecular complexity index is 899. The van der Waals surface area contributed by atoms with Crippen molar-refractivity contribution in [1.29, 1.82) is 0 Å². The number of fused-ring (bicyclic) bond motifs is 1. The number of benzene rings is 1. The Hall–Kier alpha value is -2.47. The van der Waals surface area contributed by atoms with E-state index >= 15 is 0 Å². The van der Waals surface area contributed by atoms with Gasteiger partial charge in [-0.15, -0.1) is 0 Å².